The second kappa shape index (κ2) is 5.72. The summed E-state index contributed by atoms with van der Waals surface area (Å²) in [6.45, 7) is 0. The third-order valence-corrected chi connectivity index (χ3v) is 4.00. The number of rotatable bonds is 4. The smallest absolute Gasteiger partial charge is 0.238 e. The number of aliphatic hydroxyl groups is 1. The van der Waals surface area contributed by atoms with Crippen LogP contribution >= 0.6 is 0 Å². The highest BCUT2D eigenvalue weighted by atomic mass is 32.2. The summed E-state index contributed by atoms with van der Waals surface area (Å²) in [4.78, 5) is 0.00160. The highest BCUT2D eigenvalue weighted by Crippen LogP contribution is 2.27. The SMILES string of the molecule is NC(c1ccccc1)C(O)c1ccc(S(N)(=O)=O)cc1. The van der Waals surface area contributed by atoms with Gasteiger partial charge in [0.15, 0.2) is 0 Å². The zero-order valence-corrected chi connectivity index (χ0v) is 11.5. The Morgan fingerprint density at radius 2 is 1.45 bits per heavy atom. The van der Waals surface area contributed by atoms with E-state index in [1.165, 1.54) is 24.3 Å². The topological polar surface area (TPSA) is 106 Å². The second-order valence-electron chi connectivity index (χ2n) is 4.50. The third-order valence-electron chi connectivity index (χ3n) is 3.07. The Bertz CT molecular complexity index is 669. The first-order valence-electron chi connectivity index (χ1n) is 6.01. The maximum Gasteiger partial charge on any atom is 0.238 e. The van der Waals surface area contributed by atoms with E-state index >= 15 is 0 Å². The highest BCUT2D eigenvalue weighted by Gasteiger charge is 2.19. The zero-order chi connectivity index (χ0) is 14.8. The molecule has 0 fully saturated rings. The molecule has 6 heteroatoms. The van der Waals surface area contributed by atoms with Crippen molar-refractivity contribution >= 4 is 10.0 Å². The molecule has 2 rings (SSSR count). The molecule has 2 aromatic rings. The predicted molar refractivity (Wildman–Crippen MR) is 76.1 cm³/mol. The van der Waals surface area contributed by atoms with Gasteiger partial charge in [0.2, 0.25) is 10.0 Å². The molecule has 0 heterocycles. The highest BCUT2D eigenvalue weighted by molar-refractivity contribution is 7.89. The van der Waals surface area contributed by atoms with E-state index in [2.05, 4.69) is 0 Å². The van der Waals surface area contributed by atoms with Crippen molar-refractivity contribution in [3.63, 3.8) is 0 Å². The van der Waals surface area contributed by atoms with Gasteiger partial charge in [-0.15, -0.1) is 0 Å². The Morgan fingerprint density at radius 3 is 1.95 bits per heavy atom. The molecule has 106 valence electrons. The van der Waals surface area contributed by atoms with E-state index in [1.54, 1.807) is 0 Å². The van der Waals surface area contributed by atoms with Crippen molar-refractivity contribution in [2.24, 2.45) is 10.9 Å². The Balaban J connectivity index is 2.23. The fourth-order valence-electron chi connectivity index (χ4n) is 1.92. The summed E-state index contributed by atoms with van der Waals surface area (Å²) >= 11 is 0. The minimum atomic E-state index is -3.73. The summed E-state index contributed by atoms with van der Waals surface area (Å²) in [5.41, 5.74) is 7.34. The van der Waals surface area contributed by atoms with Gasteiger partial charge in [-0.2, -0.15) is 0 Å². The molecule has 0 bridgehead atoms. The molecule has 0 radical (unpaired) electrons. The van der Waals surface area contributed by atoms with E-state index in [4.69, 9.17) is 10.9 Å². The Kier molecular flexibility index (Phi) is 4.20. The quantitative estimate of drug-likeness (QED) is 0.783. The molecule has 2 unspecified atom stereocenters. The monoisotopic (exact) mass is 292 g/mol. The number of nitrogens with two attached hydrogens (primary N) is 2. The zero-order valence-electron chi connectivity index (χ0n) is 10.7. The van der Waals surface area contributed by atoms with E-state index in [0.717, 1.165) is 5.56 Å². The fraction of sp³-hybridized carbons (Fsp3) is 0.143. The van der Waals surface area contributed by atoms with Crippen LogP contribution in [0, 0.1) is 0 Å². The van der Waals surface area contributed by atoms with Gasteiger partial charge in [0, 0.05) is 0 Å². The van der Waals surface area contributed by atoms with Gasteiger partial charge in [-0.3, -0.25) is 0 Å². The van der Waals surface area contributed by atoms with Crippen molar-refractivity contribution in [1.29, 1.82) is 0 Å². The minimum absolute atomic E-state index is 0.00160. The van der Waals surface area contributed by atoms with Gasteiger partial charge < -0.3 is 10.8 Å². The summed E-state index contributed by atoms with van der Waals surface area (Å²) in [6.07, 6.45) is -0.924. The standard InChI is InChI=1S/C14H16N2O3S/c15-13(10-4-2-1-3-5-10)14(17)11-6-8-12(9-7-11)20(16,18)19/h1-9,13-14,17H,15H2,(H2,16,18,19). The van der Waals surface area contributed by atoms with Crippen molar-refractivity contribution in [1.82, 2.24) is 0 Å². The molecule has 0 amide bonds. The summed E-state index contributed by atoms with van der Waals surface area (Å²) in [5.74, 6) is 0. The lowest BCUT2D eigenvalue weighted by atomic mass is 9.97. The molecule has 0 aromatic heterocycles. The molecule has 2 atom stereocenters. The molecule has 0 saturated heterocycles. The number of benzene rings is 2. The van der Waals surface area contributed by atoms with E-state index in [9.17, 15) is 13.5 Å². The van der Waals surface area contributed by atoms with Gasteiger partial charge in [0.25, 0.3) is 0 Å². The molecule has 5 nitrogen and oxygen atoms in total. The first-order chi connectivity index (χ1) is 9.39. The number of aliphatic hydroxyl groups excluding tert-OH is 1. The van der Waals surface area contributed by atoms with Gasteiger partial charge in [-0.1, -0.05) is 42.5 Å². The van der Waals surface area contributed by atoms with Crippen LogP contribution in [0.4, 0.5) is 0 Å². The normalized spacial score (nSPS) is 14.8. The van der Waals surface area contributed by atoms with Crippen molar-refractivity contribution in [2.45, 2.75) is 17.0 Å². The molecule has 0 aliphatic rings. The lowest BCUT2D eigenvalue weighted by molar-refractivity contribution is 0.147. The van der Waals surface area contributed by atoms with E-state index < -0.39 is 22.2 Å². The van der Waals surface area contributed by atoms with Crippen molar-refractivity contribution in [2.75, 3.05) is 0 Å². The van der Waals surface area contributed by atoms with Crippen LogP contribution in [0.3, 0.4) is 0 Å². The van der Waals surface area contributed by atoms with Crippen LogP contribution in [-0.2, 0) is 10.0 Å². The van der Waals surface area contributed by atoms with Crippen LogP contribution in [0.2, 0.25) is 0 Å². The van der Waals surface area contributed by atoms with E-state index in [1.807, 2.05) is 30.3 Å². The lowest BCUT2D eigenvalue weighted by Crippen LogP contribution is -2.19. The van der Waals surface area contributed by atoms with Gasteiger partial charge in [-0.05, 0) is 23.3 Å². The summed E-state index contributed by atoms with van der Waals surface area (Å²) in [7, 11) is -3.73. The number of sulfonamides is 1. The Hall–Kier alpha value is -1.73. The van der Waals surface area contributed by atoms with Crippen molar-refractivity contribution in [3.05, 3.63) is 65.7 Å². The van der Waals surface area contributed by atoms with Crippen molar-refractivity contribution < 1.29 is 13.5 Å². The second-order valence-corrected chi connectivity index (χ2v) is 6.06. The molecule has 0 spiro atoms. The largest absolute Gasteiger partial charge is 0.386 e. The maximum absolute atomic E-state index is 11.2. The molecular formula is C14H16N2O3S. The molecule has 20 heavy (non-hydrogen) atoms. The minimum Gasteiger partial charge on any atom is -0.386 e. The van der Waals surface area contributed by atoms with Crippen LogP contribution in [0.15, 0.2) is 59.5 Å². The molecule has 0 saturated carbocycles. The Labute approximate surface area is 117 Å². The van der Waals surface area contributed by atoms with Crippen LogP contribution in [0.5, 0.6) is 0 Å². The summed E-state index contributed by atoms with van der Waals surface area (Å²) in [5, 5.41) is 15.2. The molecule has 0 aliphatic heterocycles. The lowest BCUT2D eigenvalue weighted by Gasteiger charge is -2.19. The average Bonchev–Trinajstić information content (AvgIpc) is 2.46. The Morgan fingerprint density at radius 1 is 0.900 bits per heavy atom. The van der Waals surface area contributed by atoms with Crippen molar-refractivity contribution in [3.8, 4) is 0 Å². The molecule has 5 N–H and O–H groups in total. The van der Waals surface area contributed by atoms with Gasteiger partial charge in [0.05, 0.1) is 17.0 Å². The third kappa shape index (κ3) is 3.23. The number of hydrogen-bond acceptors (Lipinski definition) is 4. The molecular weight excluding hydrogens is 276 g/mol. The molecule has 0 aliphatic carbocycles. The van der Waals surface area contributed by atoms with Gasteiger partial charge >= 0.3 is 0 Å². The summed E-state index contributed by atoms with van der Waals surface area (Å²) in [6, 6.07) is 14.3. The van der Waals surface area contributed by atoms with E-state index in [0.29, 0.717) is 5.56 Å². The fourth-order valence-corrected chi connectivity index (χ4v) is 2.44. The van der Waals surface area contributed by atoms with Crippen LogP contribution < -0.4 is 10.9 Å². The van der Waals surface area contributed by atoms with Gasteiger partial charge in [-0.25, -0.2) is 13.6 Å². The van der Waals surface area contributed by atoms with E-state index in [-0.39, 0.29) is 4.90 Å². The maximum atomic E-state index is 11.2. The molecule has 2 aromatic carbocycles. The van der Waals surface area contributed by atoms with Crippen LogP contribution in [-0.4, -0.2) is 13.5 Å². The first kappa shape index (κ1) is 14.7. The number of hydrogen-bond donors (Lipinski definition) is 3. The summed E-state index contributed by atoms with van der Waals surface area (Å²) < 4.78 is 22.3. The average molecular weight is 292 g/mol. The first-order valence-corrected chi connectivity index (χ1v) is 7.55. The predicted octanol–water partition coefficient (Wildman–Crippen LogP) is 1.07. The van der Waals surface area contributed by atoms with Crippen LogP contribution in [0.1, 0.15) is 23.3 Å². The number of primary sulfonamides is 1. The van der Waals surface area contributed by atoms with Crippen LogP contribution in [0.25, 0.3) is 0 Å². The van der Waals surface area contributed by atoms with Gasteiger partial charge in [0.1, 0.15) is 0 Å².